The van der Waals surface area contributed by atoms with E-state index in [1.807, 2.05) is 13.8 Å². The molecule has 0 radical (unpaired) electrons. The van der Waals surface area contributed by atoms with E-state index in [9.17, 15) is 5.11 Å². The number of phenols is 1. The molecule has 1 aromatic rings. The van der Waals surface area contributed by atoms with E-state index < -0.39 is 5.54 Å². The first-order valence-corrected chi connectivity index (χ1v) is 5.35. The Kier molecular flexibility index (Phi) is 2.64. The smallest absolute Gasteiger partial charge is 0.231 e. The Balaban J connectivity index is 2.44. The predicted octanol–water partition coefficient (Wildman–Crippen LogP) is 2.05. The molecular formula is C11H14ClNO3. The summed E-state index contributed by atoms with van der Waals surface area (Å²) in [4.78, 5) is 0. The maximum Gasteiger partial charge on any atom is 0.231 e. The zero-order valence-electron chi connectivity index (χ0n) is 9.21. The van der Waals surface area contributed by atoms with Gasteiger partial charge in [-0.25, -0.2) is 0 Å². The van der Waals surface area contributed by atoms with Gasteiger partial charge < -0.3 is 20.3 Å². The minimum Gasteiger partial charge on any atom is -0.506 e. The van der Waals surface area contributed by atoms with Gasteiger partial charge >= 0.3 is 0 Å². The normalized spacial score (nSPS) is 14.2. The second-order valence-electron chi connectivity index (χ2n) is 4.60. The fourth-order valence-electron chi connectivity index (χ4n) is 1.67. The molecule has 0 saturated heterocycles. The van der Waals surface area contributed by atoms with Crippen molar-refractivity contribution in [3.05, 3.63) is 16.7 Å². The molecule has 0 saturated carbocycles. The van der Waals surface area contributed by atoms with E-state index in [1.54, 1.807) is 6.07 Å². The topological polar surface area (TPSA) is 64.7 Å². The van der Waals surface area contributed by atoms with Gasteiger partial charge in [0.1, 0.15) is 10.8 Å². The van der Waals surface area contributed by atoms with Crippen LogP contribution in [0.4, 0.5) is 0 Å². The fraction of sp³-hybridized carbons (Fsp3) is 0.455. The summed E-state index contributed by atoms with van der Waals surface area (Å²) in [7, 11) is 0. The number of nitrogens with two attached hydrogens (primary N) is 1. The van der Waals surface area contributed by atoms with Gasteiger partial charge in [0.05, 0.1) is 0 Å². The minimum absolute atomic E-state index is 0.0180. The quantitative estimate of drug-likeness (QED) is 0.835. The number of aromatic hydroxyl groups is 1. The van der Waals surface area contributed by atoms with Crippen LogP contribution < -0.4 is 15.2 Å². The summed E-state index contributed by atoms with van der Waals surface area (Å²) < 4.78 is 10.4. The highest BCUT2D eigenvalue weighted by molar-refractivity contribution is 6.34. The molecule has 16 heavy (non-hydrogen) atoms. The number of phenolic OH excluding ortho intramolecular Hbond substituents is 1. The summed E-state index contributed by atoms with van der Waals surface area (Å²) >= 11 is 5.98. The summed E-state index contributed by atoms with van der Waals surface area (Å²) in [6.45, 7) is 3.89. The van der Waals surface area contributed by atoms with Crippen molar-refractivity contribution in [1.82, 2.24) is 0 Å². The van der Waals surface area contributed by atoms with Crippen molar-refractivity contribution in [3.63, 3.8) is 0 Å². The second-order valence-corrected chi connectivity index (χ2v) is 4.98. The average molecular weight is 244 g/mol. The van der Waals surface area contributed by atoms with Crippen LogP contribution in [-0.2, 0) is 6.42 Å². The lowest BCUT2D eigenvalue weighted by Crippen LogP contribution is -2.34. The maximum absolute atomic E-state index is 9.90. The van der Waals surface area contributed by atoms with Crippen LogP contribution in [0.25, 0.3) is 0 Å². The van der Waals surface area contributed by atoms with Crippen molar-refractivity contribution in [2.45, 2.75) is 25.8 Å². The van der Waals surface area contributed by atoms with Crippen molar-refractivity contribution in [2.24, 2.45) is 5.73 Å². The van der Waals surface area contributed by atoms with E-state index in [0.29, 0.717) is 23.5 Å². The molecule has 0 fully saturated rings. The maximum atomic E-state index is 9.90. The van der Waals surface area contributed by atoms with Crippen LogP contribution in [-0.4, -0.2) is 17.4 Å². The van der Waals surface area contributed by atoms with Crippen LogP contribution >= 0.6 is 11.6 Å². The molecule has 4 nitrogen and oxygen atoms in total. The molecule has 1 heterocycles. The van der Waals surface area contributed by atoms with E-state index >= 15 is 0 Å². The second kappa shape index (κ2) is 3.71. The van der Waals surface area contributed by atoms with Gasteiger partial charge in [-0.2, -0.15) is 0 Å². The number of halogens is 1. The number of rotatable bonds is 2. The van der Waals surface area contributed by atoms with Gasteiger partial charge in [0.2, 0.25) is 6.79 Å². The highest BCUT2D eigenvalue weighted by Crippen LogP contribution is 2.46. The van der Waals surface area contributed by atoms with Gasteiger partial charge in [-0.3, -0.25) is 0 Å². The molecule has 0 aliphatic carbocycles. The Bertz CT molecular complexity index is 426. The Morgan fingerprint density at radius 3 is 2.81 bits per heavy atom. The summed E-state index contributed by atoms with van der Waals surface area (Å²) in [5.74, 6) is 0.976. The third kappa shape index (κ3) is 2.03. The van der Waals surface area contributed by atoms with Crippen LogP contribution in [0.15, 0.2) is 6.07 Å². The van der Waals surface area contributed by atoms with Crippen molar-refractivity contribution in [2.75, 3.05) is 6.79 Å². The standard InChI is InChI=1S/C11H14ClNO3/c1-11(2,13)4-6-3-7-10(16-5-15-7)8(12)9(6)14/h3,14H,4-5,13H2,1-2H3. The van der Waals surface area contributed by atoms with Crippen LogP contribution in [0.3, 0.4) is 0 Å². The number of hydrogen-bond acceptors (Lipinski definition) is 4. The average Bonchev–Trinajstić information content (AvgIpc) is 2.59. The van der Waals surface area contributed by atoms with E-state index in [1.165, 1.54) is 0 Å². The molecule has 1 aliphatic heterocycles. The first-order chi connectivity index (χ1) is 7.38. The number of ether oxygens (including phenoxy) is 2. The van der Waals surface area contributed by atoms with Gasteiger partial charge in [0.15, 0.2) is 11.5 Å². The highest BCUT2D eigenvalue weighted by atomic mass is 35.5. The van der Waals surface area contributed by atoms with Crippen molar-refractivity contribution in [1.29, 1.82) is 0 Å². The molecule has 88 valence electrons. The largest absolute Gasteiger partial charge is 0.506 e. The van der Waals surface area contributed by atoms with E-state index in [-0.39, 0.29) is 17.6 Å². The van der Waals surface area contributed by atoms with Gasteiger partial charge in [-0.1, -0.05) is 11.6 Å². The SMILES string of the molecule is CC(C)(N)Cc1cc2c(c(Cl)c1O)OCO2. The number of benzene rings is 1. The highest BCUT2D eigenvalue weighted by Gasteiger charge is 2.25. The lowest BCUT2D eigenvalue weighted by atomic mass is 9.95. The molecule has 0 spiro atoms. The van der Waals surface area contributed by atoms with E-state index in [4.69, 9.17) is 26.8 Å². The van der Waals surface area contributed by atoms with Crippen LogP contribution in [0.5, 0.6) is 17.2 Å². The van der Waals surface area contributed by atoms with Crippen LogP contribution in [0.1, 0.15) is 19.4 Å². The molecule has 0 aromatic heterocycles. The minimum atomic E-state index is -0.422. The number of hydrogen-bond donors (Lipinski definition) is 2. The van der Waals surface area contributed by atoms with Gasteiger partial charge in [0.25, 0.3) is 0 Å². The van der Waals surface area contributed by atoms with Crippen molar-refractivity contribution < 1.29 is 14.6 Å². The molecule has 5 heteroatoms. The molecule has 0 unspecified atom stereocenters. The zero-order valence-corrected chi connectivity index (χ0v) is 9.97. The molecular weight excluding hydrogens is 230 g/mol. The molecule has 3 N–H and O–H groups in total. The fourth-order valence-corrected chi connectivity index (χ4v) is 1.94. The third-order valence-electron chi connectivity index (χ3n) is 2.30. The Hall–Kier alpha value is -1.13. The van der Waals surface area contributed by atoms with Crippen molar-refractivity contribution in [3.8, 4) is 17.2 Å². The van der Waals surface area contributed by atoms with Crippen LogP contribution in [0.2, 0.25) is 5.02 Å². The lowest BCUT2D eigenvalue weighted by Gasteiger charge is -2.19. The summed E-state index contributed by atoms with van der Waals surface area (Å²) in [5, 5.41) is 10.1. The molecule has 0 bridgehead atoms. The number of fused-ring (bicyclic) bond motifs is 1. The van der Waals surface area contributed by atoms with Crippen molar-refractivity contribution >= 4 is 11.6 Å². The first kappa shape index (κ1) is 11.4. The van der Waals surface area contributed by atoms with E-state index in [2.05, 4.69) is 0 Å². The predicted molar refractivity (Wildman–Crippen MR) is 61.2 cm³/mol. The monoisotopic (exact) mass is 243 g/mol. The summed E-state index contributed by atoms with van der Waals surface area (Å²) in [5.41, 5.74) is 6.15. The van der Waals surface area contributed by atoms with Crippen LogP contribution in [0, 0.1) is 0 Å². The Labute approximate surface area is 98.9 Å². The Morgan fingerprint density at radius 2 is 2.19 bits per heavy atom. The Morgan fingerprint density at radius 1 is 1.50 bits per heavy atom. The molecule has 0 atom stereocenters. The molecule has 0 amide bonds. The molecule has 1 aliphatic rings. The van der Waals surface area contributed by atoms with Gasteiger partial charge in [-0.15, -0.1) is 0 Å². The zero-order chi connectivity index (χ0) is 11.9. The third-order valence-corrected chi connectivity index (χ3v) is 2.65. The summed E-state index contributed by atoms with van der Waals surface area (Å²) in [6, 6.07) is 1.72. The lowest BCUT2D eigenvalue weighted by molar-refractivity contribution is 0.174. The summed E-state index contributed by atoms with van der Waals surface area (Å²) in [6.07, 6.45) is 0.509. The van der Waals surface area contributed by atoms with Gasteiger partial charge in [-0.05, 0) is 26.3 Å². The first-order valence-electron chi connectivity index (χ1n) is 4.97. The van der Waals surface area contributed by atoms with Gasteiger partial charge in [0, 0.05) is 11.1 Å². The molecule has 1 aromatic carbocycles. The van der Waals surface area contributed by atoms with E-state index in [0.717, 1.165) is 0 Å². The molecule has 2 rings (SSSR count).